The molecule has 1 aromatic heterocycles. The number of methoxy groups -OCH3 is 2. The molecule has 3 aromatic rings. The number of likely N-dealkylation sites (tertiary alicyclic amines) is 1. The van der Waals surface area contributed by atoms with E-state index in [1.807, 2.05) is 30.5 Å². The Morgan fingerprint density at radius 1 is 1.03 bits per heavy atom. The van der Waals surface area contributed by atoms with E-state index in [0.717, 1.165) is 16.9 Å². The van der Waals surface area contributed by atoms with Crippen LogP contribution in [0.1, 0.15) is 35.4 Å². The number of carbonyl (C=O) groups is 2. The summed E-state index contributed by atoms with van der Waals surface area (Å²) in [7, 11) is 3.09. The van der Waals surface area contributed by atoms with Crippen LogP contribution in [0.15, 0.2) is 65.6 Å². The first kappa shape index (κ1) is 24.3. The minimum absolute atomic E-state index is 0.0607. The van der Waals surface area contributed by atoms with Crippen LogP contribution in [-0.4, -0.2) is 42.5 Å². The van der Waals surface area contributed by atoms with Crippen molar-refractivity contribution in [2.45, 2.75) is 25.9 Å². The first-order chi connectivity index (χ1) is 17.0. The Morgan fingerprint density at radius 3 is 2.51 bits per heavy atom. The van der Waals surface area contributed by atoms with E-state index in [-0.39, 0.29) is 17.9 Å². The SMILES string of the molecule is CCCOc1cccc(/C(O)=C2/C(=O)C(=O)N(Cc3ccc(OC)c(OC)c3)C2c2cccs2)c1. The van der Waals surface area contributed by atoms with E-state index in [0.29, 0.717) is 29.4 Å². The number of hydrogen-bond acceptors (Lipinski definition) is 7. The fourth-order valence-electron chi connectivity index (χ4n) is 4.07. The van der Waals surface area contributed by atoms with Gasteiger partial charge in [0, 0.05) is 17.0 Å². The second-order valence-electron chi connectivity index (χ2n) is 8.01. The zero-order valence-electron chi connectivity index (χ0n) is 19.8. The third-order valence-corrected chi connectivity index (χ3v) is 6.66. The lowest BCUT2D eigenvalue weighted by atomic mass is 9.99. The number of carbonyl (C=O) groups excluding carboxylic acids is 2. The zero-order chi connectivity index (χ0) is 24.9. The number of thiophene rings is 1. The average Bonchev–Trinajstić information content (AvgIpc) is 3.50. The fraction of sp³-hybridized carbons (Fsp3) is 0.259. The predicted octanol–water partition coefficient (Wildman–Crippen LogP) is 5.18. The number of Topliss-reactive ketones (excluding diaryl/α,β-unsaturated/α-hetero) is 1. The van der Waals surface area contributed by atoms with Crippen LogP contribution in [0.5, 0.6) is 17.2 Å². The molecule has 182 valence electrons. The van der Waals surface area contributed by atoms with Gasteiger partial charge in [-0.3, -0.25) is 9.59 Å². The third-order valence-electron chi connectivity index (χ3n) is 5.73. The quantitative estimate of drug-likeness (QED) is 0.251. The summed E-state index contributed by atoms with van der Waals surface area (Å²) in [6.45, 7) is 2.70. The predicted molar refractivity (Wildman–Crippen MR) is 134 cm³/mol. The van der Waals surface area contributed by atoms with E-state index >= 15 is 0 Å². The molecule has 0 spiro atoms. The first-order valence-corrected chi connectivity index (χ1v) is 12.1. The van der Waals surface area contributed by atoms with Crippen LogP contribution >= 0.6 is 11.3 Å². The Morgan fingerprint density at radius 2 is 1.83 bits per heavy atom. The summed E-state index contributed by atoms with van der Waals surface area (Å²) < 4.78 is 16.4. The molecule has 1 fully saturated rings. The summed E-state index contributed by atoms with van der Waals surface area (Å²) in [6.07, 6.45) is 0.843. The Balaban J connectivity index is 1.76. The summed E-state index contributed by atoms with van der Waals surface area (Å²) in [5.41, 5.74) is 1.25. The molecule has 8 heteroatoms. The van der Waals surface area contributed by atoms with Crippen molar-refractivity contribution in [1.29, 1.82) is 0 Å². The minimum Gasteiger partial charge on any atom is -0.507 e. The topological polar surface area (TPSA) is 85.3 Å². The van der Waals surface area contributed by atoms with E-state index in [1.165, 1.54) is 23.3 Å². The van der Waals surface area contributed by atoms with Gasteiger partial charge in [-0.25, -0.2) is 0 Å². The van der Waals surface area contributed by atoms with Crippen molar-refractivity contribution in [3.8, 4) is 17.2 Å². The van der Waals surface area contributed by atoms with Gasteiger partial charge in [-0.05, 0) is 47.7 Å². The van der Waals surface area contributed by atoms with Crippen molar-refractivity contribution in [3.05, 3.63) is 81.6 Å². The number of aliphatic hydroxyl groups is 1. The molecule has 0 saturated carbocycles. The summed E-state index contributed by atoms with van der Waals surface area (Å²) in [4.78, 5) is 28.7. The zero-order valence-corrected chi connectivity index (χ0v) is 20.6. The molecule has 1 N–H and O–H groups in total. The molecule has 1 aliphatic rings. The van der Waals surface area contributed by atoms with E-state index in [1.54, 1.807) is 43.5 Å². The summed E-state index contributed by atoms with van der Waals surface area (Å²) in [5, 5.41) is 13.1. The van der Waals surface area contributed by atoms with Crippen LogP contribution in [0.2, 0.25) is 0 Å². The van der Waals surface area contributed by atoms with E-state index in [9.17, 15) is 14.7 Å². The maximum atomic E-state index is 13.2. The highest BCUT2D eigenvalue weighted by Gasteiger charge is 2.46. The lowest BCUT2D eigenvalue weighted by Crippen LogP contribution is -2.28. The van der Waals surface area contributed by atoms with Gasteiger partial charge in [0.1, 0.15) is 11.5 Å². The number of rotatable bonds is 9. The lowest BCUT2D eigenvalue weighted by molar-refractivity contribution is -0.140. The number of nitrogens with zero attached hydrogens (tertiary/aromatic N) is 1. The monoisotopic (exact) mass is 493 g/mol. The van der Waals surface area contributed by atoms with Crippen LogP contribution in [-0.2, 0) is 16.1 Å². The van der Waals surface area contributed by atoms with Gasteiger partial charge in [0.05, 0.1) is 32.4 Å². The first-order valence-electron chi connectivity index (χ1n) is 11.2. The van der Waals surface area contributed by atoms with Gasteiger partial charge in [0.2, 0.25) is 0 Å². The van der Waals surface area contributed by atoms with Crippen molar-refractivity contribution in [3.63, 3.8) is 0 Å². The molecule has 4 rings (SSSR count). The summed E-state index contributed by atoms with van der Waals surface area (Å²) in [5.74, 6) is 0.0671. The van der Waals surface area contributed by atoms with Gasteiger partial charge in [-0.2, -0.15) is 0 Å². The molecular weight excluding hydrogens is 466 g/mol. The molecule has 0 bridgehead atoms. The molecular formula is C27H27NO6S. The van der Waals surface area contributed by atoms with Crippen LogP contribution in [0.3, 0.4) is 0 Å². The second kappa shape index (κ2) is 10.7. The van der Waals surface area contributed by atoms with Gasteiger partial charge in [0.25, 0.3) is 11.7 Å². The fourth-order valence-corrected chi connectivity index (χ4v) is 4.92. The van der Waals surface area contributed by atoms with E-state index in [2.05, 4.69) is 0 Å². The Labute approximate surface area is 208 Å². The number of benzene rings is 2. The normalized spacial score (nSPS) is 17.0. The molecule has 0 radical (unpaired) electrons. The van der Waals surface area contributed by atoms with Crippen molar-refractivity contribution < 1.29 is 28.9 Å². The summed E-state index contributed by atoms with van der Waals surface area (Å²) in [6, 6.07) is 15.3. The summed E-state index contributed by atoms with van der Waals surface area (Å²) >= 11 is 1.42. The third kappa shape index (κ3) is 4.88. The largest absolute Gasteiger partial charge is 0.507 e. The smallest absolute Gasteiger partial charge is 0.295 e. The van der Waals surface area contributed by atoms with E-state index in [4.69, 9.17) is 14.2 Å². The number of amides is 1. The molecule has 1 amide bonds. The van der Waals surface area contributed by atoms with Crippen molar-refractivity contribution in [2.75, 3.05) is 20.8 Å². The number of ketones is 1. The van der Waals surface area contributed by atoms with Crippen LogP contribution < -0.4 is 14.2 Å². The molecule has 1 saturated heterocycles. The highest BCUT2D eigenvalue weighted by molar-refractivity contribution is 7.10. The number of aliphatic hydroxyl groups excluding tert-OH is 1. The van der Waals surface area contributed by atoms with Gasteiger partial charge < -0.3 is 24.2 Å². The second-order valence-corrected chi connectivity index (χ2v) is 8.99. The molecule has 0 aliphatic carbocycles. The van der Waals surface area contributed by atoms with Gasteiger partial charge in [-0.1, -0.05) is 31.2 Å². The van der Waals surface area contributed by atoms with Crippen LogP contribution in [0, 0.1) is 0 Å². The Kier molecular flexibility index (Phi) is 7.41. The van der Waals surface area contributed by atoms with Crippen molar-refractivity contribution in [1.82, 2.24) is 4.90 Å². The lowest BCUT2D eigenvalue weighted by Gasteiger charge is -2.24. The highest BCUT2D eigenvalue weighted by atomic mass is 32.1. The van der Waals surface area contributed by atoms with Gasteiger partial charge in [-0.15, -0.1) is 11.3 Å². The van der Waals surface area contributed by atoms with Gasteiger partial charge in [0.15, 0.2) is 11.5 Å². The Hall–Kier alpha value is -3.78. The Bertz CT molecular complexity index is 1250. The molecule has 1 aliphatic heterocycles. The molecule has 1 unspecified atom stereocenters. The van der Waals surface area contributed by atoms with Crippen LogP contribution in [0.4, 0.5) is 0 Å². The van der Waals surface area contributed by atoms with Crippen molar-refractivity contribution >= 4 is 28.8 Å². The average molecular weight is 494 g/mol. The minimum atomic E-state index is -0.721. The number of hydrogen-bond donors (Lipinski definition) is 1. The highest BCUT2D eigenvalue weighted by Crippen LogP contribution is 2.42. The van der Waals surface area contributed by atoms with Crippen molar-refractivity contribution in [2.24, 2.45) is 0 Å². The molecule has 35 heavy (non-hydrogen) atoms. The molecule has 7 nitrogen and oxygen atoms in total. The van der Waals surface area contributed by atoms with E-state index < -0.39 is 17.7 Å². The molecule has 2 aromatic carbocycles. The maximum Gasteiger partial charge on any atom is 0.295 e. The maximum absolute atomic E-state index is 13.2. The van der Waals surface area contributed by atoms with Crippen LogP contribution in [0.25, 0.3) is 5.76 Å². The standard InChI is InChI=1S/C27H27NO6S/c1-4-12-34-19-8-5-7-18(15-19)25(29)23-24(22-9-6-13-35-22)28(27(31)26(23)30)16-17-10-11-20(32-2)21(14-17)33-3/h5-11,13-15,24,29H,4,12,16H2,1-3H3/b25-23-. The van der Waals surface area contributed by atoms with Gasteiger partial charge >= 0.3 is 0 Å². The number of ether oxygens (including phenoxy) is 3. The molecule has 2 heterocycles. The molecule has 1 atom stereocenters.